The number of nitrogens with one attached hydrogen (secondary N) is 1. The summed E-state index contributed by atoms with van der Waals surface area (Å²) in [5.74, 6) is 0.693. The van der Waals surface area contributed by atoms with E-state index in [0.717, 1.165) is 11.3 Å². The van der Waals surface area contributed by atoms with Crippen LogP contribution < -0.4 is 0 Å². The van der Waals surface area contributed by atoms with E-state index in [1.807, 2.05) is 0 Å². The van der Waals surface area contributed by atoms with Crippen LogP contribution in [0.5, 0.6) is 0 Å². The second kappa shape index (κ2) is 7.46. The molecular formula is C17H14ClFN4OS2. The van der Waals surface area contributed by atoms with E-state index in [1.165, 1.54) is 24.0 Å². The third-order valence-corrected chi connectivity index (χ3v) is 6.30. The number of thioether (sulfide) groups is 2. The lowest BCUT2D eigenvalue weighted by Gasteiger charge is -2.24. The summed E-state index contributed by atoms with van der Waals surface area (Å²) in [6, 6.07) is 8.36. The van der Waals surface area contributed by atoms with Gasteiger partial charge in [-0.1, -0.05) is 41.6 Å². The summed E-state index contributed by atoms with van der Waals surface area (Å²) in [6.45, 7) is 0.611. The first-order chi connectivity index (χ1) is 12.6. The number of pyridine rings is 1. The number of carbonyl (C=O) groups is 1. The highest BCUT2D eigenvalue weighted by Gasteiger charge is 2.32. The zero-order valence-corrected chi connectivity index (χ0v) is 15.9. The summed E-state index contributed by atoms with van der Waals surface area (Å²) in [5, 5.41) is 0.855. The number of rotatable bonds is 4. The van der Waals surface area contributed by atoms with Crippen LogP contribution in [0.25, 0.3) is 11.2 Å². The van der Waals surface area contributed by atoms with Crippen LogP contribution in [0.1, 0.15) is 10.9 Å². The summed E-state index contributed by atoms with van der Waals surface area (Å²) < 4.78 is 14.1. The summed E-state index contributed by atoms with van der Waals surface area (Å²) in [5.41, 5.74) is 1.84. The lowest BCUT2D eigenvalue weighted by atomic mass is 10.2. The van der Waals surface area contributed by atoms with Crippen LogP contribution in [0.4, 0.5) is 4.39 Å². The molecule has 0 unspecified atom stereocenters. The molecule has 9 heteroatoms. The van der Waals surface area contributed by atoms with Gasteiger partial charge in [-0.2, -0.15) is 0 Å². The molecule has 0 radical (unpaired) electrons. The average molecular weight is 409 g/mol. The summed E-state index contributed by atoms with van der Waals surface area (Å²) >= 11 is 8.80. The molecule has 134 valence electrons. The van der Waals surface area contributed by atoms with Crippen molar-refractivity contribution in [2.75, 3.05) is 18.1 Å². The number of carbonyl (C=O) groups excluding carboxylic acids is 1. The molecule has 0 bridgehead atoms. The number of hydrogen-bond acceptors (Lipinski definition) is 5. The van der Waals surface area contributed by atoms with Gasteiger partial charge >= 0.3 is 0 Å². The van der Waals surface area contributed by atoms with Crippen molar-refractivity contribution in [3.05, 3.63) is 52.9 Å². The molecule has 1 amide bonds. The number of nitrogens with zero attached hydrogens (tertiary/aromatic N) is 3. The Balaban J connectivity index is 1.46. The Bertz CT molecular complexity index is 967. The molecule has 0 saturated carbocycles. The molecule has 1 fully saturated rings. The highest BCUT2D eigenvalue weighted by atomic mass is 35.5. The maximum atomic E-state index is 14.1. The minimum Gasteiger partial charge on any atom is -0.331 e. The number of amides is 1. The van der Waals surface area contributed by atoms with Crippen molar-refractivity contribution in [2.24, 2.45) is 0 Å². The first kappa shape index (κ1) is 17.6. The number of imidazole rings is 1. The standard InChI is InChI=1S/C17H14ClFN4OS2/c18-10-7-13-15(20-8-10)22-17(21-13)26-9-14(24)23-5-6-25-16(23)11-3-1-2-4-12(11)19/h1-4,7-8,16H,5-6,9H2,(H,20,21,22)/t16-/m1/s1. The van der Waals surface area contributed by atoms with Gasteiger partial charge in [-0.05, 0) is 12.1 Å². The van der Waals surface area contributed by atoms with E-state index in [-0.39, 0.29) is 22.9 Å². The topological polar surface area (TPSA) is 61.9 Å². The van der Waals surface area contributed by atoms with Gasteiger partial charge in [0.2, 0.25) is 5.91 Å². The van der Waals surface area contributed by atoms with Gasteiger partial charge in [0.25, 0.3) is 0 Å². The molecule has 2 aromatic heterocycles. The van der Waals surface area contributed by atoms with Crippen LogP contribution in [0.15, 0.2) is 41.7 Å². The van der Waals surface area contributed by atoms with E-state index in [2.05, 4.69) is 15.0 Å². The lowest BCUT2D eigenvalue weighted by molar-refractivity contribution is -0.128. The Morgan fingerprint density at radius 2 is 2.31 bits per heavy atom. The first-order valence-electron chi connectivity index (χ1n) is 7.91. The van der Waals surface area contributed by atoms with Crippen LogP contribution in [0, 0.1) is 5.82 Å². The van der Waals surface area contributed by atoms with E-state index >= 15 is 0 Å². The third-order valence-electron chi connectivity index (χ3n) is 4.00. The molecule has 3 aromatic rings. The zero-order valence-electron chi connectivity index (χ0n) is 13.5. The van der Waals surface area contributed by atoms with Gasteiger partial charge in [0.1, 0.15) is 11.2 Å². The van der Waals surface area contributed by atoms with Crippen molar-refractivity contribution in [1.82, 2.24) is 19.9 Å². The minimum absolute atomic E-state index is 0.0419. The molecule has 26 heavy (non-hydrogen) atoms. The summed E-state index contributed by atoms with van der Waals surface area (Å²) in [6.07, 6.45) is 1.53. The van der Waals surface area contributed by atoms with Gasteiger partial charge < -0.3 is 9.88 Å². The Kier molecular flexibility index (Phi) is 5.06. The van der Waals surface area contributed by atoms with Gasteiger partial charge in [-0.25, -0.2) is 14.4 Å². The molecule has 1 aliphatic heterocycles. The smallest absolute Gasteiger partial charge is 0.234 e. The second-order valence-corrected chi connectivity index (χ2v) is 8.28. The SMILES string of the molecule is O=C(CSc1nc2ncc(Cl)cc2[nH]1)N1CCS[C@@H]1c1ccccc1F. The third kappa shape index (κ3) is 3.54. The molecule has 1 saturated heterocycles. The summed E-state index contributed by atoms with van der Waals surface area (Å²) in [7, 11) is 0. The van der Waals surface area contributed by atoms with E-state index in [4.69, 9.17) is 11.6 Å². The second-order valence-electron chi connectivity index (χ2n) is 5.69. The highest BCUT2D eigenvalue weighted by Crippen LogP contribution is 2.39. The number of aromatic nitrogens is 3. The monoisotopic (exact) mass is 408 g/mol. The zero-order chi connectivity index (χ0) is 18.1. The molecule has 5 nitrogen and oxygen atoms in total. The normalized spacial score (nSPS) is 17.2. The van der Waals surface area contributed by atoms with E-state index < -0.39 is 0 Å². The van der Waals surface area contributed by atoms with Crippen molar-refractivity contribution in [2.45, 2.75) is 10.5 Å². The number of halogens is 2. The molecule has 3 heterocycles. The lowest BCUT2D eigenvalue weighted by Crippen LogP contribution is -2.32. The number of H-pyrrole nitrogens is 1. The van der Waals surface area contributed by atoms with Crippen molar-refractivity contribution in [3.63, 3.8) is 0 Å². The van der Waals surface area contributed by atoms with Crippen molar-refractivity contribution in [3.8, 4) is 0 Å². The number of aromatic amines is 1. The number of fused-ring (bicyclic) bond motifs is 1. The Morgan fingerprint density at radius 3 is 3.15 bits per heavy atom. The predicted octanol–water partition coefficient (Wildman–Crippen LogP) is 4.12. The van der Waals surface area contributed by atoms with Crippen LogP contribution in [0.3, 0.4) is 0 Å². The molecule has 0 aliphatic carbocycles. The average Bonchev–Trinajstić information content (AvgIpc) is 3.26. The fraction of sp³-hybridized carbons (Fsp3) is 0.235. The van der Waals surface area contributed by atoms with Crippen LogP contribution in [0.2, 0.25) is 5.02 Å². The number of hydrogen-bond donors (Lipinski definition) is 1. The molecule has 1 aromatic carbocycles. The minimum atomic E-state index is -0.280. The van der Waals surface area contributed by atoms with E-state index in [9.17, 15) is 9.18 Å². The fourth-order valence-corrected chi connectivity index (χ4v) is 5.01. The molecule has 0 spiro atoms. The van der Waals surface area contributed by atoms with Gasteiger partial charge in [0.15, 0.2) is 10.8 Å². The van der Waals surface area contributed by atoms with Crippen LogP contribution in [-0.2, 0) is 4.79 Å². The van der Waals surface area contributed by atoms with Gasteiger partial charge in [-0.3, -0.25) is 4.79 Å². The highest BCUT2D eigenvalue weighted by molar-refractivity contribution is 8.00. The predicted molar refractivity (Wildman–Crippen MR) is 103 cm³/mol. The van der Waals surface area contributed by atoms with Crippen molar-refractivity contribution >= 4 is 52.2 Å². The number of benzene rings is 1. The van der Waals surface area contributed by atoms with Crippen LogP contribution >= 0.6 is 35.1 Å². The molecular weight excluding hydrogens is 395 g/mol. The maximum absolute atomic E-state index is 14.1. The van der Waals surface area contributed by atoms with E-state index in [0.29, 0.717) is 27.9 Å². The fourth-order valence-electron chi connectivity index (χ4n) is 2.79. The maximum Gasteiger partial charge on any atom is 0.234 e. The quantitative estimate of drug-likeness (QED) is 0.658. The van der Waals surface area contributed by atoms with Gasteiger partial charge in [0.05, 0.1) is 16.3 Å². The molecule has 4 rings (SSSR count). The summed E-state index contributed by atoms with van der Waals surface area (Å²) in [4.78, 5) is 26.0. The largest absolute Gasteiger partial charge is 0.331 e. The van der Waals surface area contributed by atoms with Crippen molar-refractivity contribution < 1.29 is 9.18 Å². The Morgan fingerprint density at radius 1 is 1.46 bits per heavy atom. The van der Waals surface area contributed by atoms with Gasteiger partial charge in [0, 0.05) is 24.1 Å². The Labute approximate surface area is 162 Å². The van der Waals surface area contributed by atoms with E-state index in [1.54, 1.807) is 40.9 Å². The molecule has 1 atom stereocenters. The van der Waals surface area contributed by atoms with Crippen LogP contribution in [-0.4, -0.2) is 43.8 Å². The van der Waals surface area contributed by atoms with Gasteiger partial charge in [-0.15, -0.1) is 11.8 Å². The first-order valence-corrected chi connectivity index (χ1v) is 10.3. The molecule has 1 N–H and O–H groups in total. The van der Waals surface area contributed by atoms with Crippen molar-refractivity contribution in [1.29, 1.82) is 0 Å². The Hall–Kier alpha value is -1.77. The molecule has 1 aliphatic rings.